The number of amides is 2. The summed E-state index contributed by atoms with van der Waals surface area (Å²) >= 11 is 0. The van der Waals surface area contributed by atoms with Crippen LogP contribution in [0.1, 0.15) is 44.6 Å². The standard InChI is InChI=1S/C28H27NO8/c1-3-37-20-6-4-5-15(26(20)34)22-14-7-8-16-23(28(36)29(27(16)35)10-9-21(31)32)17(14)12-18-24(22)19(30)11-13(2)25(18)33/h4-7,11,16-17,22-23,34H,3,8-10,12H2,1-2H3,(H,31,32). The van der Waals surface area contributed by atoms with E-state index in [1.165, 1.54) is 6.08 Å². The number of carboxylic acids is 1. The molecule has 1 fully saturated rings. The van der Waals surface area contributed by atoms with Gasteiger partial charge in [-0.05, 0) is 44.7 Å². The van der Waals surface area contributed by atoms with Gasteiger partial charge in [0.15, 0.2) is 23.1 Å². The van der Waals surface area contributed by atoms with Crippen molar-refractivity contribution in [3.63, 3.8) is 0 Å². The minimum Gasteiger partial charge on any atom is -0.504 e. The average Bonchev–Trinajstić information content (AvgIpc) is 3.11. The molecule has 0 bridgehead atoms. The van der Waals surface area contributed by atoms with Crippen LogP contribution in [0.15, 0.2) is 52.6 Å². The Balaban J connectivity index is 1.64. The number of ketones is 2. The molecule has 1 saturated heterocycles. The molecule has 0 radical (unpaired) electrons. The number of hydrogen-bond acceptors (Lipinski definition) is 7. The van der Waals surface area contributed by atoms with Crippen LogP contribution in [-0.4, -0.2) is 57.6 Å². The molecule has 3 aliphatic carbocycles. The van der Waals surface area contributed by atoms with E-state index in [4.69, 9.17) is 9.84 Å². The van der Waals surface area contributed by atoms with E-state index >= 15 is 0 Å². The van der Waals surface area contributed by atoms with Crippen LogP contribution < -0.4 is 4.74 Å². The number of carbonyl (C=O) groups is 5. The molecule has 1 aromatic rings. The van der Waals surface area contributed by atoms with Gasteiger partial charge in [0.2, 0.25) is 11.8 Å². The minimum absolute atomic E-state index is 0.117. The Hall–Kier alpha value is -4.01. The lowest BCUT2D eigenvalue weighted by atomic mass is 9.59. The largest absolute Gasteiger partial charge is 0.504 e. The summed E-state index contributed by atoms with van der Waals surface area (Å²) in [6, 6.07) is 4.98. The van der Waals surface area contributed by atoms with Crippen molar-refractivity contribution in [3.8, 4) is 11.5 Å². The molecule has 9 nitrogen and oxygen atoms in total. The number of carboxylic acid groups (broad SMARTS) is 1. The average molecular weight is 506 g/mol. The summed E-state index contributed by atoms with van der Waals surface area (Å²) in [6.07, 6.45) is 3.16. The molecule has 4 aliphatic rings. The third-order valence-corrected chi connectivity index (χ3v) is 7.84. The van der Waals surface area contributed by atoms with Gasteiger partial charge in [-0.1, -0.05) is 23.8 Å². The first-order valence-electron chi connectivity index (χ1n) is 12.4. The number of carbonyl (C=O) groups excluding carboxylic acids is 4. The van der Waals surface area contributed by atoms with Crippen molar-refractivity contribution in [2.45, 2.75) is 39.0 Å². The zero-order valence-electron chi connectivity index (χ0n) is 20.5. The zero-order valence-corrected chi connectivity index (χ0v) is 20.5. The van der Waals surface area contributed by atoms with E-state index in [1.807, 2.05) is 6.08 Å². The fraction of sp³-hybridized carbons (Fsp3) is 0.393. The predicted molar refractivity (Wildman–Crippen MR) is 130 cm³/mol. The van der Waals surface area contributed by atoms with Gasteiger partial charge in [-0.3, -0.25) is 28.9 Å². The van der Waals surface area contributed by atoms with Crippen LogP contribution in [0.4, 0.5) is 0 Å². The van der Waals surface area contributed by atoms with Gasteiger partial charge in [-0.2, -0.15) is 0 Å². The zero-order chi connectivity index (χ0) is 26.6. The molecule has 5 rings (SSSR count). The van der Waals surface area contributed by atoms with Gasteiger partial charge in [-0.25, -0.2) is 0 Å². The maximum absolute atomic E-state index is 13.5. The molecule has 1 heterocycles. The number of Topliss-reactive ketones (excluding diaryl/α,β-unsaturated/α-hetero) is 1. The van der Waals surface area contributed by atoms with Crippen LogP contribution in [0, 0.1) is 17.8 Å². The lowest BCUT2D eigenvalue weighted by Gasteiger charge is -2.42. The number of fused-ring (bicyclic) bond motifs is 3. The van der Waals surface area contributed by atoms with E-state index in [1.54, 1.807) is 32.0 Å². The van der Waals surface area contributed by atoms with Crippen molar-refractivity contribution in [1.29, 1.82) is 0 Å². The Morgan fingerprint density at radius 2 is 1.89 bits per heavy atom. The molecule has 0 spiro atoms. The molecule has 1 aliphatic heterocycles. The maximum atomic E-state index is 13.5. The van der Waals surface area contributed by atoms with Crippen molar-refractivity contribution < 1.29 is 38.9 Å². The first-order chi connectivity index (χ1) is 17.6. The summed E-state index contributed by atoms with van der Waals surface area (Å²) < 4.78 is 5.56. The number of likely N-dealkylation sites (tertiary alicyclic amines) is 1. The highest BCUT2D eigenvalue weighted by Crippen LogP contribution is 2.56. The topological polar surface area (TPSA) is 138 Å². The molecular weight excluding hydrogens is 478 g/mol. The number of aromatic hydroxyl groups is 1. The third-order valence-electron chi connectivity index (χ3n) is 7.84. The van der Waals surface area contributed by atoms with Crippen molar-refractivity contribution in [2.75, 3.05) is 13.2 Å². The summed E-state index contributed by atoms with van der Waals surface area (Å²) in [5.74, 6) is -5.26. The smallest absolute Gasteiger partial charge is 0.305 e. The number of phenolic OH excluding ortho intramolecular Hbond substituents is 1. The number of allylic oxidation sites excluding steroid dienone is 6. The summed E-state index contributed by atoms with van der Waals surface area (Å²) in [4.78, 5) is 65.3. The Labute approximate surface area is 213 Å². The Kier molecular flexibility index (Phi) is 6.09. The van der Waals surface area contributed by atoms with Gasteiger partial charge in [-0.15, -0.1) is 0 Å². The Morgan fingerprint density at radius 1 is 1.14 bits per heavy atom. The fourth-order valence-corrected chi connectivity index (χ4v) is 6.27. The van der Waals surface area contributed by atoms with Crippen LogP contribution in [0.2, 0.25) is 0 Å². The molecule has 0 aromatic heterocycles. The predicted octanol–water partition coefficient (Wildman–Crippen LogP) is 2.70. The van der Waals surface area contributed by atoms with Crippen molar-refractivity contribution >= 4 is 29.4 Å². The summed E-state index contributed by atoms with van der Waals surface area (Å²) in [6.45, 7) is 3.45. The summed E-state index contributed by atoms with van der Waals surface area (Å²) in [5, 5.41) is 20.2. The normalized spacial score (nSPS) is 26.9. The number of phenols is 1. The monoisotopic (exact) mass is 505 g/mol. The highest BCUT2D eigenvalue weighted by molar-refractivity contribution is 6.23. The van der Waals surface area contributed by atoms with Gasteiger partial charge in [0.25, 0.3) is 0 Å². The number of imide groups is 1. The number of para-hydroxylation sites is 1. The lowest BCUT2D eigenvalue weighted by Crippen LogP contribution is -2.40. The molecule has 37 heavy (non-hydrogen) atoms. The molecule has 4 unspecified atom stereocenters. The van der Waals surface area contributed by atoms with Crippen LogP contribution in [-0.2, 0) is 24.0 Å². The van der Waals surface area contributed by atoms with E-state index < -0.39 is 41.5 Å². The second kappa shape index (κ2) is 9.14. The summed E-state index contributed by atoms with van der Waals surface area (Å²) in [7, 11) is 0. The number of hydrogen-bond donors (Lipinski definition) is 2. The second-order valence-electron chi connectivity index (χ2n) is 9.83. The second-order valence-corrected chi connectivity index (χ2v) is 9.83. The van der Waals surface area contributed by atoms with Crippen LogP contribution in [0.5, 0.6) is 11.5 Å². The molecule has 4 atom stereocenters. The molecule has 1 aromatic carbocycles. The molecule has 2 amide bonds. The van der Waals surface area contributed by atoms with E-state index in [-0.39, 0.29) is 54.4 Å². The SMILES string of the molecule is CCOc1cccc(C2C3=CCC4C(=O)N(CCC(=O)O)C(=O)C4C3CC3=C2C(=O)C=C(C)C3=O)c1O. The quantitative estimate of drug-likeness (QED) is 0.342. The lowest BCUT2D eigenvalue weighted by molar-refractivity contribution is -0.142. The Morgan fingerprint density at radius 3 is 2.59 bits per heavy atom. The molecular formula is C28H27NO8. The molecule has 2 N–H and O–H groups in total. The maximum Gasteiger partial charge on any atom is 0.305 e. The van der Waals surface area contributed by atoms with E-state index in [9.17, 15) is 29.1 Å². The summed E-state index contributed by atoms with van der Waals surface area (Å²) in [5.41, 5.74) is 1.97. The number of ether oxygens (including phenoxy) is 1. The number of benzene rings is 1. The number of aliphatic carboxylic acids is 1. The fourth-order valence-electron chi connectivity index (χ4n) is 6.27. The van der Waals surface area contributed by atoms with E-state index in [0.717, 1.165) is 4.90 Å². The van der Waals surface area contributed by atoms with Gasteiger partial charge in [0.05, 0.1) is 24.9 Å². The van der Waals surface area contributed by atoms with Crippen molar-refractivity contribution in [1.82, 2.24) is 4.90 Å². The molecule has 192 valence electrons. The van der Waals surface area contributed by atoms with Gasteiger partial charge in [0, 0.05) is 34.7 Å². The van der Waals surface area contributed by atoms with Crippen LogP contribution in [0.3, 0.4) is 0 Å². The van der Waals surface area contributed by atoms with Gasteiger partial charge in [0.1, 0.15) is 0 Å². The Bertz CT molecular complexity index is 1350. The van der Waals surface area contributed by atoms with Gasteiger partial charge < -0.3 is 14.9 Å². The molecule has 0 saturated carbocycles. The number of nitrogens with zero attached hydrogens (tertiary/aromatic N) is 1. The highest BCUT2D eigenvalue weighted by Gasteiger charge is 2.56. The van der Waals surface area contributed by atoms with Crippen molar-refractivity contribution in [3.05, 3.63) is 58.2 Å². The molecule has 9 heteroatoms. The first kappa shape index (κ1) is 24.7. The van der Waals surface area contributed by atoms with Crippen LogP contribution in [0.25, 0.3) is 0 Å². The van der Waals surface area contributed by atoms with E-state index in [0.29, 0.717) is 28.9 Å². The number of rotatable bonds is 6. The minimum atomic E-state index is -1.11. The van der Waals surface area contributed by atoms with Crippen LogP contribution >= 0.6 is 0 Å². The van der Waals surface area contributed by atoms with Crippen molar-refractivity contribution in [2.24, 2.45) is 17.8 Å². The van der Waals surface area contributed by atoms with Gasteiger partial charge >= 0.3 is 5.97 Å². The first-order valence-corrected chi connectivity index (χ1v) is 12.4. The van der Waals surface area contributed by atoms with E-state index in [2.05, 4.69) is 0 Å². The third kappa shape index (κ3) is 3.80. The highest BCUT2D eigenvalue weighted by atomic mass is 16.5.